The summed E-state index contributed by atoms with van der Waals surface area (Å²) < 4.78 is 13.9. The number of esters is 1. The molecule has 0 saturated heterocycles. The van der Waals surface area contributed by atoms with Gasteiger partial charge in [-0.2, -0.15) is 4.99 Å². The molecule has 37 heavy (non-hydrogen) atoms. The Morgan fingerprint density at radius 1 is 1.03 bits per heavy atom. The second-order valence-electron chi connectivity index (χ2n) is 8.63. The number of aryl methyl sites for hydroxylation is 3. The molecule has 4 aromatic rings. The van der Waals surface area contributed by atoms with E-state index in [1.54, 1.807) is 35.9 Å². The molecular formula is C28H30N4O5. The molecule has 0 N–H and O–H groups in total. The number of hydrogen-bond donors (Lipinski definition) is 0. The number of hydrogen-bond acceptors (Lipinski definition) is 6. The van der Waals surface area contributed by atoms with Crippen LogP contribution in [0, 0.1) is 13.8 Å². The molecule has 4 rings (SSSR count). The molecule has 0 spiro atoms. The van der Waals surface area contributed by atoms with Crippen LogP contribution in [0.1, 0.15) is 52.1 Å². The molecule has 3 aromatic heterocycles. The van der Waals surface area contributed by atoms with Crippen molar-refractivity contribution >= 4 is 28.6 Å². The number of benzene rings is 1. The second-order valence-corrected chi connectivity index (χ2v) is 8.63. The van der Waals surface area contributed by atoms with Crippen molar-refractivity contribution in [3.63, 3.8) is 0 Å². The van der Waals surface area contributed by atoms with Crippen LogP contribution >= 0.6 is 0 Å². The Labute approximate surface area is 214 Å². The van der Waals surface area contributed by atoms with Gasteiger partial charge in [-0.3, -0.25) is 14.0 Å². The Bertz CT molecular complexity index is 1600. The Balaban J connectivity index is 2.07. The third-order valence-electron chi connectivity index (χ3n) is 5.98. The minimum Gasteiger partial charge on any atom is -0.462 e. The molecular weight excluding hydrogens is 472 g/mol. The fourth-order valence-electron chi connectivity index (χ4n) is 4.10. The topological polar surface area (TPSA) is 104 Å². The molecule has 0 atom stereocenters. The summed E-state index contributed by atoms with van der Waals surface area (Å²) in [4.78, 5) is 49.0. The van der Waals surface area contributed by atoms with E-state index in [1.807, 2.05) is 39.0 Å². The van der Waals surface area contributed by atoms with Gasteiger partial charge in [0.2, 0.25) is 0 Å². The molecule has 0 aliphatic carbocycles. The average Bonchev–Trinajstić information content (AvgIpc) is 2.88. The highest BCUT2D eigenvalue weighted by molar-refractivity contribution is 5.97. The van der Waals surface area contributed by atoms with Crippen molar-refractivity contribution < 1.29 is 19.1 Å². The zero-order chi connectivity index (χ0) is 26.5. The molecule has 192 valence electrons. The van der Waals surface area contributed by atoms with Crippen LogP contribution in [0.3, 0.4) is 0 Å². The number of carbonyl (C=O) groups excluding carboxylic acids is 2. The van der Waals surface area contributed by atoms with Gasteiger partial charge in [-0.05, 0) is 63.9 Å². The molecule has 0 fully saturated rings. The van der Waals surface area contributed by atoms with Crippen LogP contribution in [-0.4, -0.2) is 45.6 Å². The maximum Gasteiger partial charge on any atom is 0.341 e. The molecule has 0 unspecified atom stereocenters. The lowest BCUT2D eigenvalue weighted by Crippen LogP contribution is -2.33. The highest BCUT2D eigenvalue weighted by atomic mass is 16.5. The molecule has 0 bridgehead atoms. The third-order valence-corrected chi connectivity index (χ3v) is 5.98. The Hall–Kier alpha value is -4.11. The van der Waals surface area contributed by atoms with Crippen molar-refractivity contribution in [2.24, 2.45) is 4.99 Å². The summed E-state index contributed by atoms with van der Waals surface area (Å²) in [7, 11) is 0. The molecule has 9 heteroatoms. The third kappa shape index (κ3) is 5.36. The van der Waals surface area contributed by atoms with Crippen molar-refractivity contribution in [2.45, 2.75) is 40.7 Å². The van der Waals surface area contributed by atoms with E-state index in [-0.39, 0.29) is 28.6 Å². The summed E-state index contributed by atoms with van der Waals surface area (Å²) in [5.41, 5.74) is 2.81. The quantitative estimate of drug-likeness (QED) is 0.207. The van der Waals surface area contributed by atoms with Crippen LogP contribution < -0.4 is 11.0 Å². The highest BCUT2D eigenvalue weighted by Crippen LogP contribution is 2.14. The van der Waals surface area contributed by atoms with Gasteiger partial charge in [0.05, 0.1) is 12.0 Å². The summed E-state index contributed by atoms with van der Waals surface area (Å²) in [5.74, 6) is -1.19. The fraction of sp³-hybridized carbons (Fsp3) is 0.321. The van der Waals surface area contributed by atoms with E-state index in [0.717, 1.165) is 11.1 Å². The zero-order valence-corrected chi connectivity index (χ0v) is 21.5. The molecule has 0 aliphatic rings. The molecule has 1 amide bonds. The Morgan fingerprint density at radius 2 is 1.78 bits per heavy atom. The highest BCUT2D eigenvalue weighted by Gasteiger charge is 2.20. The predicted octanol–water partition coefficient (Wildman–Crippen LogP) is 3.61. The number of nitrogens with zero attached hydrogens (tertiary/aromatic N) is 4. The van der Waals surface area contributed by atoms with Crippen molar-refractivity contribution in [1.82, 2.24) is 14.0 Å². The summed E-state index contributed by atoms with van der Waals surface area (Å²) in [6.07, 6.45) is 2.19. The normalized spacial score (nSPS) is 11.8. The van der Waals surface area contributed by atoms with Crippen molar-refractivity contribution in [3.05, 3.63) is 86.8 Å². The van der Waals surface area contributed by atoms with Crippen molar-refractivity contribution in [1.29, 1.82) is 0 Å². The monoisotopic (exact) mass is 502 g/mol. The van der Waals surface area contributed by atoms with Crippen LogP contribution in [0.2, 0.25) is 0 Å². The smallest absolute Gasteiger partial charge is 0.341 e. The zero-order valence-electron chi connectivity index (χ0n) is 21.5. The SMILES string of the molecule is CCOCCCn1c(=NC(=O)c2ccc(C)cc2)c(C(=O)OCC)cc2c(=O)n3cccc(C)c3nc21. The van der Waals surface area contributed by atoms with Crippen LogP contribution in [0.15, 0.2) is 58.4 Å². The number of ether oxygens (including phenoxy) is 2. The number of aromatic nitrogens is 3. The molecule has 0 aliphatic heterocycles. The van der Waals surface area contributed by atoms with Crippen LogP contribution in [0.5, 0.6) is 0 Å². The maximum atomic E-state index is 13.5. The summed E-state index contributed by atoms with van der Waals surface area (Å²) >= 11 is 0. The van der Waals surface area contributed by atoms with E-state index < -0.39 is 11.9 Å². The number of fused-ring (bicyclic) bond motifs is 2. The first-order valence-corrected chi connectivity index (χ1v) is 12.3. The summed E-state index contributed by atoms with van der Waals surface area (Å²) in [6, 6.07) is 12.1. The summed E-state index contributed by atoms with van der Waals surface area (Å²) in [5, 5.41) is 0.226. The predicted molar refractivity (Wildman–Crippen MR) is 140 cm³/mol. The molecule has 0 radical (unpaired) electrons. The van der Waals surface area contributed by atoms with Gasteiger partial charge in [0.25, 0.3) is 11.5 Å². The van der Waals surface area contributed by atoms with Gasteiger partial charge >= 0.3 is 5.97 Å². The minimum absolute atomic E-state index is 0.0257. The number of rotatable bonds is 8. The maximum absolute atomic E-state index is 13.5. The van der Waals surface area contributed by atoms with Crippen molar-refractivity contribution in [2.75, 3.05) is 19.8 Å². The molecule has 0 saturated carbocycles. The minimum atomic E-state index is -0.674. The van der Waals surface area contributed by atoms with Gasteiger partial charge in [-0.1, -0.05) is 23.8 Å². The molecule has 3 heterocycles. The Morgan fingerprint density at radius 3 is 2.49 bits per heavy atom. The van der Waals surface area contributed by atoms with Gasteiger partial charge in [0.1, 0.15) is 16.9 Å². The lowest BCUT2D eigenvalue weighted by molar-refractivity contribution is 0.0523. The van der Waals surface area contributed by atoms with E-state index in [2.05, 4.69) is 4.99 Å². The van der Waals surface area contributed by atoms with Gasteiger partial charge < -0.3 is 14.0 Å². The Kier molecular flexibility index (Phi) is 7.93. The lowest BCUT2D eigenvalue weighted by Gasteiger charge is -2.15. The van der Waals surface area contributed by atoms with Gasteiger partial charge in [-0.25, -0.2) is 9.78 Å². The van der Waals surface area contributed by atoms with E-state index in [4.69, 9.17) is 14.5 Å². The fourth-order valence-corrected chi connectivity index (χ4v) is 4.10. The van der Waals surface area contributed by atoms with E-state index in [1.165, 1.54) is 10.5 Å². The standard InChI is InChI=1S/C28H30N4O5/c1-5-36-16-8-15-31-24-21(27(34)32-14-7-9-19(4)23(32)29-24)17-22(28(35)37-6-2)25(31)30-26(33)20-12-10-18(3)11-13-20/h7,9-14,17H,5-6,8,15-16H2,1-4H3. The van der Waals surface area contributed by atoms with Crippen molar-refractivity contribution in [3.8, 4) is 0 Å². The van der Waals surface area contributed by atoms with E-state index in [9.17, 15) is 14.4 Å². The van der Waals surface area contributed by atoms with E-state index in [0.29, 0.717) is 43.0 Å². The molecule has 1 aromatic carbocycles. The average molecular weight is 503 g/mol. The first kappa shape index (κ1) is 26.0. The van der Waals surface area contributed by atoms with Gasteiger partial charge in [0, 0.05) is 31.5 Å². The van der Waals surface area contributed by atoms with Gasteiger partial charge in [-0.15, -0.1) is 0 Å². The van der Waals surface area contributed by atoms with Crippen LogP contribution in [-0.2, 0) is 16.0 Å². The second kappa shape index (κ2) is 11.3. The lowest BCUT2D eigenvalue weighted by atomic mass is 10.1. The number of pyridine rings is 2. The van der Waals surface area contributed by atoms with Gasteiger partial charge in [0.15, 0.2) is 5.49 Å². The van der Waals surface area contributed by atoms with E-state index >= 15 is 0 Å². The first-order valence-electron chi connectivity index (χ1n) is 12.3. The number of carbonyl (C=O) groups is 2. The largest absolute Gasteiger partial charge is 0.462 e. The number of amides is 1. The summed E-state index contributed by atoms with van der Waals surface area (Å²) in [6.45, 7) is 8.84. The molecule has 9 nitrogen and oxygen atoms in total. The first-order chi connectivity index (χ1) is 17.8. The van der Waals surface area contributed by atoms with Crippen LogP contribution in [0.4, 0.5) is 0 Å². The van der Waals surface area contributed by atoms with Crippen LogP contribution in [0.25, 0.3) is 16.7 Å².